The molecule has 22 heavy (non-hydrogen) atoms. The van der Waals surface area contributed by atoms with Gasteiger partial charge in [-0.2, -0.15) is 0 Å². The van der Waals surface area contributed by atoms with Gasteiger partial charge in [0.15, 0.2) is 11.6 Å². The molecule has 0 bridgehead atoms. The van der Waals surface area contributed by atoms with Crippen LogP contribution in [0.4, 0.5) is 4.39 Å². The van der Waals surface area contributed by atoms with Crippen molar-refractivity contribution in [1.29, 1.82) is 0 Å². The van der Waals surface area contributed by atoms with Crippen LogP contribution < -0.4 is 5.32 Å². The van der Waals surface area contributed by atoms with Gasteiger partial charge in [0.05, 0.1) is 0 Å². The number of hydrogen-bond donors (Lipinski definition) is 2. The average Bonchev–Trinajstić information content (AvgIpc) is 2.54. The molecule has 1 saturated carbocycles. The number of nitrogens with zero attached hydrogens (tertiary/aromatic N) is 1. The molecule has 0 amide bonds. The quantitative estimate of drug-likeness (QED) is 0.888. The van der Waals surface area contributed by atoms with Crippen molar-refractivity contribution in [2.45, 2.75) is 38.1 Å². The number of phenolic OH excluding ortho intramolecular Hbond substituents is 1. The van der Waals surface area contributed by atoms with E-state index in [1.54, 1.807) is 6.07 Å². The van der Waals surface area contributed by atoms with E-state index >= 15 is 0 Å². The molecule has 5 heteroatoms. The number of benzene rings is 1. The van der Waals surface area contributed by atoms with Crippen molar-refractivity contribution in [1.82, 2.24) is 10.2 Å². The molecule has 0 radical (unpaired) electrons. The number of piperazine rings is 1. The van der Waals surface area contributed by atoms with Crippen molar-refractivity contribution >= 4 is 11.6 Å². The molecule has 1 heterocycles. The fourth-order valence-electron chi connectivity index (χ4n) is 3.97. The Labute approximate surface area is 136 Å². The number of aromatic hydroxyl groups is 1. The fourth-order valence-corrected chi connectivity index (χ4v) is 4.18. The van der Waals surface area contributed by atoms with E-state index in [2.05, 4.69) is 10.2 Å². The Morgan fingerprint density at radius 3 is 2.55 bits per heavy atom. The molecule has 2 fully saturated rings. The van der Waals surface area contributed by atoms with Gasteiger partial charge in [-0.25, -0.2) is 4.39 Å². The zero-order valence-electron chi connectivity index (χ0n) is 12.8. The lowest BCUT2D eigenvalue weighted by molar-refractivity contribution is 0.101. The zero-order valence-corrected chi connectivity index (χ0v) is 13.6. The first-order valence-corrected chi connectivity index (χ1v) is 8.67. The Balaban J connectivity index is 1.96. The SMILES string of the molecule is Oc1c(F)cc(Cl)cc1[C@@H](C1CCCCC1)N1CCNCC1. The Bertz CT molecular complexity index is 496. The Kier molecular flexibility index (Phi) is 5.21. The molecule has 2 N–H and O–H groups in total. The van der Waals surface area contributed by atoms with Gasteiger partial charge in [-0.3, -0.25) is 4.90 Å². The van der Waals surface area contributed by atoms with Gasteiger partial charge in [-0.15, -0.1) is 0 Å². The topological polar surface area (TPSA) is 35.5 Å². The first-order valence-electron chi connectivity index (χ1n) is 8.29. The van der Waals surface area contributed by atoms with E-state index < -0.39 is 5.82 Å². The maximum atomic E-state index is 14.0. The second-order valence-electron chi connectivity index (χ2n) is 6.45. The summed E-state index contributed by atoms with van der Waals surface area (Å²) in [5.41, 5.74) is 0.666. The molecule has 0 unspecified atom stereocenters. The Hall–Kier alpha value is -0.840. The Morgan fingerprint density at radius 2 is 1.86 bits per heavy atom. The molecule has 122 valence electrons. The van der Waals surface area contributed by atoms with Crippen LogP contribution in [0.3, 0.4) is 0 Å². The van der Waals surface area contributed by atoms with Crippen LogP contribution in [0.1, 0.15) is 43.7 Å². The largest absolute Gasteiger partial charge is 0.505 e. The molecule has 1 aromatic rings. The highest BCUT2D eigenvalue weighted by Crippen LogP contribution is 2.43. The van der Waals surface area contributed by atoms with Crippen LogP contribution in [0.2, 0.25) is 5.02 Å². The van der Waals surface area contributed by atoms with Crippen LogP contribution in [-0.2, 0) is 0 Å². The predicted molar refractivity (Wildman–Crippen MR) is 86.8 cm³/mol. The van der Waals surface area contributed by atoms with E-state index in [9.17, 15) is 9.50 Å². The molecular weight excluding hydrogens is 303 g/mol. The molecule has 0 aromatic heterocycles. The first kappa shape index (κ1) is 16.0. The van der Waals surface area contributed by atoms with Gasteiger partial charge in [0.2, 0.25) is 0 Å². The number of rotatable bonds is 3. The molecule has 3 nitrogen and oxygen atoms in total. The number of hydrogen-bond acceptors (Lipinski definition) is 3. The smallest absolute Gasteiger partial charge is 0.166 e. The second-order valence-corrected chi connectivity index (χ2v) is 6.89. The molecule has 1 saturated heterocycles. The molecule has 1 aliphatic heterocycles. The van der Waals surface area contributed by atoms with E-state index in [0.29, 0.717) is 16.5 Å². The van der Waals surface area contributed by atoms with Crippen molar-refractivity contribution in [3.63, 3.8) is 0 Å². The summed E-state index contributed by atoms with van der Waals surface area (Å²) in [6.45, 7) is 3.73. The lowest BCUT2D eigenvalue weighted by Gasteiger charge is -2.41. The van der Waals surface area contributed by atoms with Crippen molar-refractivity contribution in [3.05, 3.63) is 28.5 Å². The van der Waals surface area contributed by atoms with Gasteiger partial charge < -0.3 is 10.4 Å². The summed E-state index contributed by atoms with van der Waals surface area (Å²) in [6.07, 6.45) is 6.00. The summed E-state index contributed by atoms with van der Waals surface area (Å²) in [4.78, 5) is 2.39. The summed E-state index contributed by atoms with van der Waals surface area (Å²) in [6, 6.07) is 3.01. The molecule has 1 aliphatic carbocycles. The van der Waals surface area contributed by atoms with Crippen molar-refractivity contribution < 1.29 is 9.50 Å². The minimum absolute atomic E-state index is 0.0654. The lowest BCUT2D eigenvalue weighted by Crippen LogP contribution is -2.47. The summed E-state index contributed by atoms with van der Waals surface area (Å²) in [5, 5.41) is 14.0. The minimum Gasteiger partial charge on any atom is -0.505 e. The summed E-state index contributed by atoms with van der Waals surface area (Å²) >= 11 is 6.06. The highest BCUT2D eigenvalue weighted by molar-refractivity contribution is 6.30. The van der Waals surface area contributed by atoms with Gasteiger partial charge in [0.1, 0.15) is 0 Å². The van der Waals surface area contributed by atoms with Gasteiger partial charge in [-0.05, 0) is 30.9 Å². The average molecular weight is 327 g/mol. The highest BCUT2D eigenvalue weighted by atomic mass is 35.5. The molecule has 1 atom stereocenters. The lowest BCUT2D eigenvalue weighted by atomic mass is 9.80. The minimum atomic E-state index is -0.613. The van der Waals surface area contributed by atoms with Crippen molar-refractivity contribution in [2.24, 2.45) is 5.92 Å². The third kappa shape index (κ3) is 3.39. The number of phenols is 1. The third-order valence-electron chi connectivity index (χ3n) is 5.02. The maximum Gasteiger partial charge on any atom is 0.166 e. The Morgan fingerprint density at radius 1 is 1.18 bits per heavy atom. The van der Waals surface area contributed by atoms with Crippen LogP contribution in [0, 0.1) is 11.7 Å². The molecular formula is C17H24ClFN2O. The third-order valence-corrected chi connectivity index (χ3v) is 5.24. The zero-order chi connectivity index (χ0) is 15.5. The van der Waals surface area contributed by atoms with E-state index in [1.165, 1.54) is 25.3 Å². The van der Waals surface area contributed by atoms with E-state index in [1.807, 2.05) is 0 Å². The van der Waals surface area contributed by atoms with Gasteiger partial charge in [-0.1, -0.05) is 30.9 Å². The van der Waals surface area contributed by atoms with Crippen molar-refractivity contribution in [3.8, 4) is 5.75 Å². The van der Waals surface area contributed by atoms with Crippen molar-refractivity contribution in [2.75, 3.05) is 26.2 Å². The normalized spacial score (nSPS) is 22.6. The van der Waals surface area contributed by atoms with E-state index in [4.69, 9.17) is 11.6 Å². The monoisotopic (exact) mass is 326 g/mol. The van der Waals surface area contributed by atoms with Gasteiger partial charge in [0, 0.05) is 42.8 Å². The summed E-state index contributed by atoms with van der Waals surface area (Å²) in [7, 11) is 0. The molecule has 3 rings (SSSR count). The van der Waals surface area contributed by atoms with Crippen LogP contribution in [0.5, 0.6) is 5.75 Å². The van der Waals surface area contributed by atoms with Crippen LogP contribution in [0.25, 0.3) is 0 Å². The van der Waals surface area contributed by atoms with Gasteiger partial charge >= 0.3 is 0 Å². The molecule has 1 aromatic carbocycles. The van der Waals surface area contributed by atoms with Crippen LogP contribution in [0.15, 0.2) is 12.1 Å². The maximum absolute atomic E-state index is 14.0. The van der Waals surface area contributed by atoms with Crippen LogP contribution in [-0.4, -0.2) is 36.2 Å². The summed E-state index contributed by atoms with van der Waals surface area (Å²) < 4.78 is 14.0. The van der Waals surface area contributed by atoms with E-state index in [-0.39, 0.29) is 11.8 Å². The molecule has 2 aliphatic rings. The van der Waals surface area contributed by atoms with Crippen LogP contribution >= 0.6 is 11.6 Å². The summed E-state index contributed by atoms with van der Waals surface area (Å²) in [5.74, 6) is -0.368. The van der Waals surface area contributed by atoms with Gasteiger partial charge in [0.25, 0.3) is 0 Å². The fraction of sp³-hybridized carbons (Fsp3) is 0.647. The predicted octanol–water partition coefficient (Wildman–Crippen LogP) is 3.71. The standard InChI is InChI=1S/C17H24ClFN2O/c18-13-10-14(17(22)15(19)11-13)16(12-4-2-1-3-5-12)21-8-6-20-7-9-21/h10-12,16,20,22H,1-9H2/t16-/m1/s1. The number of nitrogens with one attached hydrogen (secondary N) is 1. The number of halogens is 2. The second kappa shape index (κ2) is 7.16. The molecule has 0 spiro atoms. The highest BCUT2D eigenvalue weighted by Gasteiger charge is 2.33. The van der Waals surface area contributed by atoms with E-state index in [0.717, 1.165) is 39.0 Å². The first-order chi connectivity index (χ1) is 10.7.